The third-order valence-electron chi connectivity index (χ3n) is 3.33. The van der Waals surface area contributed by atoms with Crippen LogP contribution in [0.5, 0.6) is 0 Å². The molecule has 1 aromatic rings. The van der Waals surface area contributed by atoms with Crippen molar-refractivity contribution in [3.05, 3.63) is 23.2 Å². The summed E-state index contributed by atoms with van der Waals surface area (Å²) in [6, 6.07) is 4.55. The number of nitrogens with two attached hydrogens (primary N) is 1. The van der Waals surface area contributed by atoms with E-state index in [4.69, 9.17) is 17.3 Å². The van der Waals surface area contributed by atoms with Crippen molar-refractivity contribution in [2.75, 3.05) is 17.6 Å². The van der Waals surface area contributed by atoms with Crippen LogP contribution in [-0.2, 0) is 4.79 Å². The summed E-state index contributed by atoms with van der Waals surface area (Å²) in [5.74, 6) is 0.426. The first-order chi connectivity index (χ1) is 10.0. The smallest absolute Gasteiger partial charge is 0.322 e. The van der Waals surface area contributed by atoms with Crippen molar-refractivity contribution >= 4 is 41.0 Å². The van der Waals surface area contributed by atoms with Crippen LogP contribution in [0.3, 0.4) is 0 Å². The summed E-state index contributed by atoms with van der Waals surface area (Å²) in [4.78, 5) is 26.2. The molecule has 3 amide bonds. The number of nitrogens with one attached hydrogen (secondary N) is 1. The normalized spacial score (nSPS) is 17.8. The maximum Gasteiger partial charge on any atom is 0.322 e. The predicted octanol–water partition coefficient (Wildman–Crippen LogP) is 2.93. The van der Waals surface area contributed by atoms with Gasteiger partial charge in [-0.3, -0.25) is 4.79 Å². The molecule has 1 aliphatic heterocycles. The molecule has 5 nitrogen and oxygen atoms in total. The minimum Gasteiger partial charge on any atom is -0.368 e. The molecule has 0 aliphatic carbocycles. The highest BCUT2D eigenvalue weighted by atomic mass is 35.5. The van der Waals surface area contributed by atoms with Gasteiger partial charge < -0.3 is 16.0 Å². The lowest BCUT2D eigenvalue weighted by Gasteiger charge is -2.23. The van der Waals surface area contributed by atoms with Gasteiger partial charge in [-0.25, -0.2) is 4.79 Å². The van der Waals surface area contributed by atoms with Gasteiger partial charge in [-0.2, -0.15) is 0 Å². The Labute approximate surface area is 133 Å². The average Bonchev–Trinajstić information content (AvgIpc) is 2.91. The van der Waals surface area contributed by atoms with Gasteiger partial charge in [0.05, 0.1) is 5.69 Å². The van der Waals surface area contributed by atoms with Gasteiger partial charge in [0.1, 0.15) is 6.04 Å². The monoisotopic (exact) mass is 327 g/mol. The number of carbonyl (C=O) groups excluding carboxylic acids is 2. The Bertz CT molecular complexity index is 553. The van der Waals surface area contributed by atoms with E-state index in [1.54, 1.807) is 23.9 Å². The number of thioether (sulfide) groups is 1. The lowest BCUT2D eigenvalue weighted by molar-refractivity contribution is -0.121. The van der Waals surface area contributed by atoms with E-state index in [2.05, 4.69) is 5.32 Å². The zero-order chi connectivity index (χ0) is 15.4. The molecular formula is C14H18ClN3O2S. The number of likely N-dealkylation sites (tertiary alicyclic amines) is 1. The number of hydrogen-bond acceptors (Lipinski definition) is 3. The molecule has 3 N–H and O–H groups in total. The molecule has 1 aromatic carbocycles. The Balaban J connectivity index is 2.15. The maximum atomic E-state index is 12.4. The van der Waals surface area contributed by atoms with Crippen molar-refractivity contribution in [3.8, 4) is 0 Å². The maximum absolute atomic E-state index is 12.4. The number of halogens is 1. The van der Waals surface area contributed by atoms with Crippen LogP contribution >= 0.6 is 23.4 Å². The second-order valence-corrected chi connectivity index (χ2v) is 6.50. The summed E-state index contributed by atoms with van der Waals surface area (Å²) in [6.45, 7) is 2.57. The van der Waals surface area contributed by atoms with Crippen LogP contribution in [0.2, 0.25) is 5.02 Å². The second kappa shape index (κ2) is 7.04. The topological polar surface area (TPSA) is 75.4 Å². The second-order valence-electron chi connectivity index (χ2n) is 4.76. The zero-order valence-electron chi connectivity index (χ0n) is 11.8. The van der Waals surface area contributed by atoms with E-state index >= 15 is 0 Å². The van der Waals surface area contributed by atoms with E-state index in [1.165, 1.54) is 4.90 Å². The molecule has 1 atom stereocenters. The zero-order valence-corrected chi connectivity index (χ0v) is 13.3. The molecule has 2 rings (SSSR count). The summed E-state index contributed by atoms with van der Waals surface area (Å²) in [6.07, 6.45) is 1.40. The van der Waals surface area contributed by atoms with Crippen LogP contribution in [0.25, 0.3) is 0 Å². The van der Waals surface area contributed by atoms with Crippen molar-refractivity contribution < 1.29 is 9.59 Å². The van der Waals surface area contributed by atoms with Crippen LogP contribution in [0, 0.1) is 0 Å². The van der Waals surface area contributed by atoms with Crippen molar-refractivity contribution in [2.45, 2.75) is 30.7 Å². The fourth-order valence-corrected chi connectivity index (χ4v) is 3.29. The van der Waals surface area contributed by atoms with Crippen LogP contribution < -0.4 is 11.1 Å². The van der Waals surface area contributed by atoms with E-state index in [0.717, 1.165) is 17.1 Å². The number of benzene rings is 1. The number of nitrogens with zero attached hydrogens (tertiary/aromatic N) is 1. The van der Waals surface area contributed by atoms with Gasteiger partial charge in [0.2, 0.25) is 5.91 Å². The number of urea groups is 1. The Kier molecular flexibility index (Phi) is 5.36. The lowest BCUT2D eigenvalue weighted by atomic mass is 10.2. The molecule has 114 valence electrons. The minimum atomic E-state index is -0.522. The van der Waals surface area contributed by atoms with Crippen molar-refractivity contribution in [1.29, 1.82) is 0 Å². The fourth-order valence-electron chi connectivity index (χ4n) is 2.37. The first-order valence-corrected chi connectivity index (χ1v) is 8.18. The number of anilines is 1. The average molecular weight is 328 g/mol. The highest BCUT2D eigenvalue weighted by molar-refractivity contribution is 7.99. The summed E-state index contributed by atoms with van der Waals surface area (Å²) in [5, 5.41) is 3.39. The number of carbonyl (C=O) groups is 2. The lowest BCUT2D eigenvalue weighted by Crippen LogP contribution is -2.45. The van der Waals surface area contributed by atoms with E-state index < -0.39 is 11.9 Å². The molecule has 1 heterocycles. The van der Waals surface area contributed by atoms with Crippen LogP contribution in [0.15, 0.2) is 23.1 Å². The Morgan fingerprint density at radius 2 is 2.29 bits per heavy atom. The van der Waals surface area contributed by atoms with E-state index in [0.29, 0.717) is 23.7 Å². The molecule has 0 radical (unpaired) electrons. The molecule has 0 spiro atoms. The van der Waals surface area contributed by atoms with Crippen LogP contribution in [0.4, 0.5) is 10.5 Å². The molecule has 21 heavy (non-hydrogen) atoms. The molecule has 0 saturated carbocycles. The third kappa shape index (κ3) is 3.83. The summed E-state index contributed by atoms with van der Waals surface area (Å²) < 4.78 is 0. The Morgan fingerprint density at radius 3 is 2.95 bits per heavy atom. The number of amides is 3. The molecule has 1 fully saturated rings. The van der Waals surface area contributed by atoms with Crippen LogP contribution in [0.1, 0.15) is 19.8 Å². The van der Waals surface area contributed by atoms with Gasteiger partial charge >= 0.3 is 6.03 Å². The van der Waals surface area contributed by atoms with Gasteiger partial charge in [-0.15, -0.1) is 11.8 Å². The number of hydrogen-bond donors (Lipinski definition) is 2. The first kappa shape index (κ1) is 16.0. The largest absolute Gasteiger partial charge is 0.368 e. The van der Waals surface area contributed by atoms with Gasteiger partial charge in [0.25, 0.3) is 0 Å². The van der Waals surface area contributed by atoms with Gasteiger partial charge in [-0.05, 0) is 36.8 Å². The van der Waals surface area contributed by atoms with Crippen LogP contribution in [-0.4, -0.2) is 35.2 Å². The minimum absolute atomic E-state index is 0.309. The van der Waals surface area contributed by atoms with E-state index in [1.807, 2.05) is 13.0 Å². The number of primary amides is 1. The molecule has 7 heteroatoms. The van der Waals surface area contributed by atoms with E-state index in [-0.39, 0.29) is 6.03 Å². The Hall–Kier alpha value is -1.40. The molecule has 0 unspecified atom stereocenters. The SMILES string of the molecule is CCSc1ccc(Cl)cc1NC(=O)N1CCC[C@@H]1C(N)=O. The third-order valence-corrected chi connectivity index (χ3v) is 4.52. The summed E-state index contributed by atoms with van der Waals surface area (Å²) >= 11 is 7.61. The van der Waals surface area contributed by atoms with Gasteiger partial charge in [0, 0.05) is 16.5 Å². The quantitative estimate of drug-likeness (QED) is 0.835. The number of rotatable bonds is 4. The Morgan fingerprint density at radius 1 is 1.52 bits per heavy atom. The highest BCUT2D eigenvalue weighted by Gasteiger charge is 2.32. The summed E-state index contributed by atoms with van der Waals surface area (Å²) in [5.41, 5.74) is 6.00. The highest BCUT2D eigenvalue weighted by Crippen LogP contribution is 2.30. The van der Waals surface area contributed by atoms with Gasteiger partial charge in [-0.1, -0.05) is 18.5 Å². The predicted molar refractivity (Wildman–Crippen MR) is 85.8 cm³/mol. The molecule has 0 aromatic heterocycles. The molecule has 1 saturated heterocycles. The standard InChI is InChI=1S/C14H18ClN3O2S/c1-2-21-12-6-5-9(15)8-10(12)17-14(20)18-7-3-4-11(18)13(16)19/h5-6,8,11H,2-4,7H2,1H3,(H2,16,19)(H,17,20)/t11-/m1/s1. The van der Waals surface area contributed by atoms with Gasteiger partial charge in [0.15, 0.2) is 0 Å². The molecule has 1 aliphatic rings. The molecule has 0 bridgehead atoms. The summed E-state index contributed by atoms with van der Waals surface area (Å²) in [7, 11) is 0. The molecular weight excluding hydrogens is 310 g/mol. The van der Waals surface area contributed by atoms with E-state index in [9.17, 15) is 9.59 Å². The first-order valence-electron chi connectivity index (χ1n) is 6.82. The fraction of sp³-hybridized carbons (Fsp3) is 0.429. The van der Waals surface area contributed by atoms with Crippen molar-refractivity contribution in [3.63, 3.8) is 0 Å². The van der Waals surface area contributed by atoms with Crippen molar-refractivity contribution in [1.82, 2.24) is 4.90 Å². The van der Waals surface area contributed by atoms with Crippen molar-refractivity contribution in [2.24, 2.45) is 5.73 Å².